The van der Waals surface area contributed by atoms with Crippen LogP contribution in [0, 0.1) is 0 Å². The third-order valence-corrected chi connectivity index (χ3v) is 2.98. The fourth-order valence-electron chi connectivity index (χ4n) is 1.77. The Hall–Kier alpha value is -0.610. The normalized spacial score (nSPS) is 23.1. The first-order valence-electron chi connectivity index (χ1n) is 5.73. The van der Waals surface area contributed by atoms with E-state index in [1.165, 1.54) is 25.7 Å². The van der Waals surface area contributed by atoms with E-state index in [4.69, 9.17) is 16.2 Å². The minimum Gasteiger partial charge on any atom is -0.376 e. The van der Waals surface area contributed by atoms with E-state index in [2.05, 4.69) is 0 Å². The molecule has 1 fully saturated rings. The van der Waals surface area contributed by atoms with Gasteiger partial charge in [-0.2, -0.15) is 0 Å². The maximum atomic E-state index is 11.0. The molecule has 0 aromatic heterocycles. The molecule has 4 N–H and O–H groups in total. The van der Waals surface area contributed by atoms with Gasteiger partial charge in [0.2, 0.25) is 5.91 Å². The predicted octanol–water partition coefficient (Wildman–Crippen LogP) is 0.928. The van der Waals surface area contributed by atoms with Crippen molar-refractivity contribution in [3.63, 3.8) is 0 Å². The first kappa shape index (κ1) is 12.5. The molecule has 1 aliphatic rings. The van der Waals surface area contributed by atoms with Gasteiger partial charge in [0.15, 0.2) is 0 Å². The van der Waals surface area contributed by atoms with E-state index in [-0.39, 0.29) is 12.7 Å². The monoisotopic (exact) mass is 214 g/mol. The highest BCUT2D eigenvalue weighted by Gasteiger charge is 2.27. The summed E-state index contributed by atoms with van der Waals surface area (Å²) in [7, 11) is 0. The van der Waals surface area contributed by atoms with Crippen LogP contribution in [0.15, 0.2) is 0 Å². The summed E-state index contributed by atoms with van der Waals surface area (Å²) < 4.78 is 5.66. The molecule has 15 heavy (non-hydrogen) atoms. The van der Waals surface area contributed by atoms with Crippen LogP contribution in [0.1, 0.15) is 45.4 Å². The lowest BCUT2D eigenvalue weighted by Crippen LogP contribution is -2.53. The van der Waals surface area contributed by atoms with E-state index in [0.29, 0.717) is 0 Å². The zero-order valence-electron chi connectivity index (χ0n) is 9.50. The Balaban J connectivity index is 2.31. The van der Waals surface area contributed by atoms with Crippen molar-refractivity contribution < 1.29 is 9.53 Å². The molecule has 0 aliphatic heterocycles. The van der Waals surface area contributed by atoms with Crippen LogP contribution >= 0.6 is 0 Å². The number of hydrogen-bond acceptors (Lipinski definition) is 3. The van der Waals surface area contributed by atoms with Gasteiger partial charge in [-0.15, -0.1) is 0 Å². The van der Waals surface area contributed by atoms with Crippen LogP contribution in [0.5, 0.6) is 0 Å². The Bertz CT molecular complexity index is 209. The molecule has 1 atom stereocenters. The van der Waals surface area contributed by atoms with Gasteiger partial charge in [-0.3, -0.25) is 4.79 Å². The van der Waals surface area contributed by atoms with Gasteiger partial charge < -0.3 is 16.2 Å². The standard InChI is InChI=1S/C11H22N2O2/c1-11(13,10(12)14)8-15-9-6-4-2-3-5-7-9/h9H,2-8,13H2,1H3,(H2,12,14). The van der Waals surface area contributed by atoms with Crippen LogP contribution in [0.25, 0.3) is 0 Å². The van der Waals surface area contributed by atoms with Gasteiger partial charge >= 0.3 is 0 Å². The molecule has 4 nitrogen and oxygen atoms in total. The van der Waals surface area contributed by atoms with Gasteiger partial charge in [0, 0.05) is 0 Å². The summed E-state index contributed by atoms with van der Waals surface area (Å²) in [4.78, 5) is 11.0. The topological polar surface area (TPSA) is 78.3 Å². The molecule has 4 heteroatoms. The highest BCUT2D eigenvalue weighted by atomic mass is 16.5. The molecule has 1 aliphatic carbocycles. The van der Waals surface area contributed by atoms with Crippen molar-refractivity contribution in [3.05, 3.63) is 0 Å². The number of carbonyl (C=O) groups excluding carboxylic acids is 1. The summed E-state index contributed by atoms with van der Waals surface area (Å²) in [5.74, 6) is -0.504. The van der Waals surface area contributed by atoms with Crippen molar-refractivity contribution in [2.75, 3.05) is 6.61 Å². The summed E-state index contributed by atoms with van der Waals surface area (Å²) >= 11 is 0. The van der Waals surface area contributed by atoms with Gasteiger partial charge in [-0.05, 0) is 19.8 Å². The van der Waals surface area contributed by atoms with E-state index in [1.54, 1.807) is 6.92 Å². The molecular formula is C11H22N2O2. The summed E-state index contributed by atoms with van der Waals surface area (Å²) in [6.07, 6.45) is 7.41. The summed E-state index contributed by atoms with van der Waals surface area (Å²) in [6, 6.07) is 0. The van der Waals surface area contributed by atoms with Crippen molar-refractivity contribution in [3.8, 4) is 0 Å². The molecule has 1 amide bonds. The lowest BCUT2D eigenvalue weighted by molar-refractivity contribution is -0.125. The Morgan fingerprint density at radius 3 is 2.33 bits per heavy atom. The fourth-order valence-corrected chi connectivity index (χ4v) is 1.77. The van der Waals surface area contributed by atoms with Crippen molar-refractivity contribution in [2.24, 2.45) is 11.5 Å². The number of primary amides is 1. The molecule has 0 bridgehead atoms. The average Bonchev–Trinajstić information content (AvgIpc) is 2.42. The first-order valence-corrected chi connectivity index (χ1v) is 5.73. The highest BCUT2D eigenvalue weighted by molar-refractivity contribution is 5.83. The van der Waals surface area contributed by atoms with Gasteiger partial charge in [0.05, 0.1) is 12.7 Å². The molecular weight excluding hydrogens is 192 g/mol. The second kappa shape index (κ2) is 5.47. The number of amides is 1. The van der Waals surface area contributed by atoms with E-state index in [1.807, 2.05) is 0 Å². The van der Waals surface area contributed by atoms with E-state index >= 15 is 0 Å². The lowest BCUT2D eigenvalue weighted by atomic mass is 10.0. The maximum Gasteiger partial charge on any atom is 0.239 e. The largest absolute Gasteiger partial charge is 0.376 e. The van der Waals surface area contributed by atoms with Gasteiger partial charge in [-0.25, -0.2) is 0 Å². The van der Waals surface area contributed by atoms with Crippen LogP contribution < -0.4 is 11.5 Å². The molecule has 0 radical (unpaired) electrons. The Morgan fingerprint density at radius 1 is 1.33 bits per heavy atom. The van der Waals surface area contributed by atoms with E-state index < -0.39 is 11.4 Å². The molecule has 0 saturated heterocycles. The maximum absolute atomic E-state index is 11.0. The summed E-state index contributed by atoms with van der Waals surface area (Å²) in [6.45, 7) is 1.85. The highest BCUT2D eigenvalue weighted by Crippen LogP contribution is 2.20. The van der Waals surface area contributed by atoms with Crippen LogP contribution in [-0.4, -0.2) is 24.2 Å². The van der Waals surface area contributed by atoms with Crippen LogP contribution in [0.3, 0.4) is 0 Å². The lowest BCUT2D eigenvalue weighted by Gasteiger charge is -2.24. The average molecular weight is 214 g/mol. The van der Waals surface area contributed by atoms with Crippen molar-refractivity contribution in [1.82, 2.24) is 0 Å². The minimum absolute atomic E-state index is 0.229. The first-order chi connectivity index (χ1) is 7.02. The Morgan fingerprint density at radius 2 is 1.87 bits per heavy atom. The molecule has 0 spiro atoms. The zero-order chi connectivity index (χ0) is 11.3. The predicted molar refractivity (Wildman–Crippen MR) is 59.2 cm³/mol. The summed E-state index contributed by atoms with van der Waals surface area (Å²) in [5.41, 5.74) is 9.85. The molecule has 1 rings (SSSR count). The van der Waals surface area contributed by atoms with Gasteiger partial charge in [-0.1, -0.05) is 25.7 Å². The Kier molecular flexibility index (Phi) is 4.54. The molecule has 1 unspecified atom stereocenters. The van der Waals surface area contributed by atoms with Crippen LogP contribution in [-0.2, 0) is 9.53 Å². The third-order valence-electron chi connectivity index (χ3n) is 2.98. The second-order valence-corrected chi connectivity index (χ2v) is 4.71. The molecule has 88 valence electrons. The zero-order valence-corrected chi connectivity index (χ0v) is 9.50. The molecule has 1 saturated carbocycles. The number of ether oxygens (including phenoxy) is 1. The van der Waals surface area contributed by atoms with E-state index in [0.717, 1.165) is 12.8 Å². The molecule has 0 heterocycles. The number of nitrogens with two attached hydrogens (primary N) is 2. The molecule has 0 aromatic rings. The quantitative estimate of drug-likeness (QED) is 0.683. The number of carbonyl (C=O) groups is 1. The van der Waals surface area contributed by atoms with Gasteiger partial charge in [0.25, 0.3) is 0 Å². The molecule has 0 aromatic carbocycles. The van der Waals surface area contributed by atoms with Gasteiger partial charge in [0.1, 0.15) is 5.54 Å². The SMILES string of the molecule is CC(N)(COC1CCCCCC1)C(N)=O. The van der Waals surface area contributed by atoms with E-state index in [9.17, 15) is 4.79 Å². The van der Waals surface area contributed by atoms with Crippen molar-refractivity contribution >= 4 is 5.91 Å². The van der Waals surface area contributed by atoms with Crippen LogP contribution in [0.4, 0.5) is 0 Å². The third kappa shape index (κ3) is 4.18. The minimum atomic E-state index is -1.04. The van der Waals surface area contributed by atoms with Crippen molar-refractivity contribution in [1.29, 1.82) is 0 Å². The van der Waals surface area contributed by atoms with Crippen molar-refractivity contribution in [2.45, 2.75) is 57.1 Å². The summed E-state index contributed by atoms with van der Waals surface area (Å²) in [5, 5.41) is 0. The Labute approximate surface area is 91.3 Å². The van der Waals surface area contributed by atoms with Crippen LogP contribution in [0.2, 0.25) is 0 Å². The number of rotatable bonds is 4. The fraction of sp³-hybridized carbons (Fsp3) is 0.909. The number of hydrogen-bond donors (Lipinski definition) is 2. The smallest absolute Gasteiger partial charge is 0.239 e. The second-order valence-electron chi connectivity index (χ2n) is 4.71.